The smallest absolute Gasteiger partial charge is 0.271 e. The summed E-state index contributed by atoms with van der Waals surface area (Å²) in [5.41, 5.74) is 4.31. The van der Waals surface area contributed by atoms with E-state index in [0.717, 1.165) is 25.0 Å². The Hall–Kier alpha value is -1.84. The summed E-state index contributed by atoms with van der Waals surface area (Å²) >= 11 is 0. The van der Waals surface area contributed by atoms with Crippen molar-refractivity contribution in [2.24, 2.45) is 11.0 Å². The molecule has 4 heteroatoms. The molecule has 1 amide bonds. The summed E-state index contributed by atoms with van der Waals surface area (Å²) in [6, 6.07) is 7.07. The fourth-order valence-corrected chi connectivity index (χ4v) is 2.29. The van der Waals surface area contributed by atoms with E-state index in [2.05, 4.69) is 17.5 Å². The average molecular weight is 260 g/mol. The molecular weight excluding hydrogens is 240 g/mol. The molecule has 2 rings (SSSR count). The minimum Gasteiger partial charge on any atom is -0.497 e. The van der Waals surface area contributed by atoms with Crippen LogP contribution in [-0.2, 0) is 0 Å². The van der Waals surface area contributed by atoms with Gasteiger partial charge in [-0.2, -0.15) is 5.10 Å². The Labute approximate surface area is 113 Å². The molecule has 1 aromatic rings. The van der Waals surface area contributed by atoms with E-state index < -0.39 is 0 Å². The molecule has 1 atom stereocenters. The lowest BCUT2D eigenvalue weighted by atomic mass is 9.89. The van der Waals surface area contributed by atoms with E-state index in [1.807, 2.05) is 6.07 Å². The summed E-state index contributed by atoms with van der Waals surface area (Å²) in [5, 5.41) is 4.27. The summed E-state index contributed by atoms with van der Waals surface area (Å²) in [7, 11) is 1.58. The minimum atomic E-state index is -0.191. The highest BCUT2D eigenvalue weighted by Crippen LogP contribution is 2.20. The summed E-state index contributed by atoms with van der Waals surface area (Å²) in [6.45, 7) is 2.16. The maximum Gasteiger partial charge on any atom is 0.271 e. The van der Waals surface area contributed by atoms with Crippen molar-refractivity contribution in [2.45, 2.75) is 32.6 Å². The Bertz CT molecular complexity index is 483. The van der Waals surface area contributed by atoms with Crippen LogP contribution in [0.5, 0.6) is 5.75 Å². The molecule has 1 aromatic carbocycles. The van der Waals surface area contributed by atoms with E-state index in [1.54, 1.807) is 25.3 Å². The average Bonchev–Trinajstić information content (AvgIpc) is 2.46. The summed E-state index contributed by atoms with van der Waals surface area (Å²) < 4.78 is 5.10. The Morgan fingerprint density at radius 1 is 1.42 bits per heavy atom. The number of carbonyl (C=O) groups is 1. The summed E-state index contributed by atoms with van der Waals surface area (Å²) in [5.74, 6) is 0.954. The molecule has 1 aliphatic rings. The van der Waals surface area contributed by atoms with E-state index >= 15 is 0 Å². The molecule has 1 N–H and O–H groups in total. The number of ether oxygens (including phenoxy) is 1. The van der Waals surface area contributed by atoms with Gasteiger partial charge in [-0.15, -0.1) is 0 Å². The van der Waals surface area contributed by atoms with Gasteiger partial charge in [0.1, 0.15) is 5.75 Å². The Morgan fingerprint density at radius 3 is 3.00 bits per heavy atom. The third-order valence-corrected chi connectivity index (χ3v) is 3.52. The predicted molar refractivity (Wildman–Crippen MR) is 75.5 cm³/mol. The van der Waals surface area contributed by atoms with Crippen LogP contribution in [0.3, 0.4) is 0 Å². The number of nitrogens with zero attached hydrogens (tertiary/aromatic N) is 1. The number of rotatable bonds is 3. The van der Waals surface area contributed by atoms with Crippen molar-refractivity contribution >= 4 is 11.6 Å². The molecule has 0 aromatic heterocycles. The van der Waals surface area contributed by atoms with Gasteiger partial charge in [0.25, 0.3) is 5.91 Å². The van der Waals surface area contributed by atoms with Gasteiger partial charge in [0.15, 0.2) is 0 Å². The highest BCUT2D eigenvalue weighted by molar-refractivity contribution is 5.96. The molecular formula is C15H20N2O2. The van der Waals surface area contributed by atoms with E-state index in [1.165, 1.54) is 6.42 Å². The van der Waals surface area contributed by atoms with Gasteiger partial charge in [-0.1, -0.05) is 19.4 Å². The van der Waals surface area contributed by atoms with Crippen molar-refractivity contribution in [3.63, 3.8) is 0 Å². The van der Waals surface area contributed by atoms with E-state index in [9.17, 15) is 4.79 Å². The van der Waals surface area contributed by atoms with Crippen LogP contribution in [0.2, 0.25) is 0 Å². The molecule has 0 spiro atoms. The van der Waals surface area contributed by atoms with Crippen LogP contribution in [0.25, 0.3) is 0 Å². The zero-order valence-corrected chi connectivity index (χ0v) is 11.5. The fraction of sp³-hybridized carbons (Fsp3) is 0.467. The Kier molecular flexibility index (Phi) is 4.55. The Balaban J connectivity index is 2.02. The van der Waals surface area contributed by atoms with Gasteiger partial charge in [0, 0.05) is 11.3 Å². The van der Waals surface area contributed by atoms with Gasteiger partial charge in [0.05, 0.1) is 7.11 Å². The van der Waals surface area contributed by atoms with Crippen LogP contribution in [0.15, 0.2) is 29.4 Å². The number of hydrazone groups is 1. The second-order valence-electron chi connectivity index (χ2n) is 4.92. The lowest BCUT2D eigenvalue weighted by molar-refractivity contribution is 0.0954. The maximum absolute atomic E-state index is 12.0. The van der Waals surface area contributed by atoms with Crippen molar-refractivity contribution in [1.82, 2.24) is 5.43 Å². The van der Waals surface area contributed by atoms with Gasteiger partial charge in [-0.3, -0.25) is 4.79 Å². The zero-order chi connectivity index (χ0) is 13.7. The largest absolute Gasteiger partial charge is 0.497 e. The molecule has 0 saturated heterocycles. The van der Waals surface area contributed by atoms with Gasteiger partial charge < -0.3 is 4.74 Å². The molecule has 19 heavy (non-hydrogen) atoms. The topological polar surface area (TPSA) is 50.7 Å². The third kappa shape index (κ3) is 3.56. The number of nitrogens with one attached hydrogen (secondary N) is 1. The molecule has 102 valence electrons. The van der Waals surface area contributed by atoms with Crippen LogP contribution in [0, 0.1) is 5.92 Å². The molecule has 0 heterocycles. The maximum atomic E-state index is 12.0. The monoisotopic (exact) mass is 260 g/mol. The predicted octanol–water partition coefficient (Wildman–Crippen LogP) is 2.99. The van der Waals surface area contributed by atoms with E-state index in [0.29, 0.717) is 17.2 Å². The van der Waals surface area contributed by atoms with Crippen molar-refractivity contribution in [2.75, 3.05) is 7.11 Å². The molecule has 0 radical (unpaired) electrons. The lowest BCUT2D eigenvalue weighted by Crippen LogP contribution is -2.24. The first-order valence-corrected chi connectivity index (χ1v) is 6.71. The van der Waals surface area contributed by atoms with Gasteiger partial charge in [-0.25, -0.2) is 5.43 Å². The lowest BCUT2D eigenvalue weighted by Gasteiger charge is -2.19. The first-order valence-electron chi connectivity index (χ1n) is 6.71. The molecule has 0 bridgehead atoms. The second kappa shape index (κ2) is 6.36. The number of hydrogen-bond donors (Lipinski definition) is 1. The summed E-state index contributed by atoms with van der Waals surface area (Å²) in [4.78, 5) is 12.0. The number of carbonyl (C=O) groups excluding carboxylic acids is 1. The van der Waals surface area contributed by atoms with Crippen LogP contribution >= 0.6 is 0 Å². The van der Waals surface area contributed by atoms with Gasteiger partial charge in [0.2, 0.25) is 0 Å². The molecule has 0 aliphatic heterocycles. The Morgan fingerprint density at radius 2 is 2.26 bits per heavy atom. The first kappa shape index (κ1) is 13.6. The van der Waals surface area contributed by atoms with Crippen LogP contribution in [-0.4, -0.2) is 18.7 Å². The highest BCUT2D eigenvalue weighted by Gasteiger charge is 2.16. The molecule has 1 unspecified atom stereocenters. The van der Waals surface area contributed by atoms with Gasteiger partial charge in [-0.05, 0) is 43.4 Å². The van der Waals surface area contributed by atoms with Crippen LogP contribution in [0.4, 0.5) is 0 Å². The number of hydrogen-bond acceptors (Lipinski definition) is 3. The van der Waals surface area contributed by atoms with Crippen molar-refractivity contribution < 1.29 is 9.53 Å². The first-order chi connectivity index (χ1) is 9.20. The van der Waals surface area contributed by atoms with E-state index in [4.69, 9.17) is 4.74 Å². The standard InChI is InChI=1S/C15H20N2O2/c1-11-6-3-4-9-14(11)16-17-15(18)12-7-5-8-13(10-12)19-2/h5,7-8,10-11H,3-4,6,9H2,1-2H3,(H,17,18). The molecule has 4 nitrogen and oxygen atoms in total. The SMILES string of the molecule is COc1cccc(C(=O)NN=C2CCCCC2C)c1. The fourth-order valence-electron chi connectivity index (χ4n) is 2.29. The molecule has 1 saturated carbocycles. The van der Waals surface area contributed by atoms with Crippen molar-refractivity contribution in [3.8, 4) is 5.75 Å². The normalized spacial score (nSPS) is 21.2. The minimum absolute atomic E-state index is 0.191. The quantitative estimate of drug-likeness (QED) is 0.849. The van der Waals surface area contributed by atoms with Crippen LogP contribution in [0.1, 0.15) is 43.0 Å². The van der Waals surface area contributed by atoms with Crippen molar-refractivity contribution in [1.29, 1.82) is 0 Å². The molecule has 1 fully saturated rings. The van der Waals surface area contributed by atoms with E-state index in [-0.39, 0.29) is 5.91 Å². The zero-order valence-electron chi connectivity index (χ0n) is 11.5. The number of benzene rings is 1. The van der Waals surface area contributed by atoms with Crippen LogP contribution < -0.4 is 10.2 Å². The van der Waals surface area contributed by atoms with Gasteiger partial charge >= 0.3 is 0 Å². The van der Waals surface area contributed by atoms with Crippen molar-refractivity contribution in [3.05, 3.63) is 29.8 Å². The third-order valence-electron chi connectivity index (χ3n) is 3.52. The molecule has 1 aliphatic carbocycles. The summed E-state index contributed by atoms with van der Waals surface area (Å²) in [6.07, 6.45) is 4.57. The second-order valence-corrected chi connectivity index (χ2v) is 4.92. The number of amides is 1. The highest BCUT2D eigenvalue weighted by atomic mass is 16.5. The number of methoxy groups -OCH3 is 1.